The molecular formula is C13H17N5O2S. The summed E-state index contributed by atoms with van der Waals surface area (Å²) < 4.78 is 6.86. The van der Waals surface area contributed by atoms with Gasteiger partial charge in [-0.1, -0.05) is 23.9 Å². The highest BCUT2D eigenvalue weighted by Crippen LogP contribution is 2.25. The van der Waals surface area contributed by atoms with Gasteiger partial charge in [-0.2, -0.15) is 4.68 Å². The fraction of sp³-hybridized carbons (Fsp3) is 0.385. The highest BCUT2D eigenvalue weighted by molar-refractivity contribution is 7.99. The molecule has 2 aromatic rings. The first-order valence-corrected chi connectivity index (χ1v) is 7.44. The van der Waals surface area contributed by atoms with Crippen molar-refractivity contribution in [2.45, 2.75) is 25.0 Å². The Balaban J connectivity index is 2.14. The molecule has 7 nitrogen and oxygen atoms in total. The molecule has 1 aromatic heterocycles. The zero-order valence-corrected chi connectivity index (χ0v) is 12.9. The number of para-hydroxylation sites is 2. The van der Waals surface area contributed by atoms with Crippen molar-refractivity contribution in [1.29, 1.82) is 0 Å². The minimum atomic E-state index is -0.0513. The van der Waals surface area contributed by atoms with E-state index < -0.39 is 0 Å². The first-order chi connectivity index (χ1) is 10.1. The van der Waals surface area contributed by atoms with Crippen LogP contribution in [0.3, 0.4) is 0 Å². The van der Waals surface area contributed by atoms with Crippen LogP contribution in [0.5, 0.6) is 5.75 Å². The molecule has 0 aliphatic rings. The SMILES string of the molecule is COc1ccccc1-n1nnnc1SCC(=O)NC(C)C. The van der Waals surface area contributed by atoms with Crippen molar-refractivity contribution < 1.29 is 9.53 Å². The van der Waals surface area contributed by atoms with E-state index in [1.54, 1.807) is 11.8 Å². The molecule has 21 heavy (non-hydrogen) atoms. The summed E-state index contributed by atoms with van der Waals surface area (Å²) in [5.41, 5.74) is 0.733. The Hall–Kier alpha value is -2.09. The van der Waals surface area contributed by atoms with E-state index in [2.05, 4.69) is 20.8 Å². The number of carbonyl (C=O) groups excluding carboxylic acids is 1. The number of hydrogen-bond acceptors (Lipinski definition) is 6. The molecule has 0 spiro atoms. The molecule has 8 heteroatoms. The molecule has 1 aromatic carbocycles. The second kappa shape index (κ2) is 7.07. The molecule has 112 valence electrons. The summed E-state index contributed by atoms with van der Waals surface area (Å²) in [4.78, 5) is 11.7. The highest BCUT2D eigenvalue weighted by Gasteiger charge is 2.14. The Bertz CT molecular complexity index is 614. The number of rotatable bonds is 6. The quantitative estimate of drug-likeness (QED) is 0.810. The van der Waals surface area contributed by atoms with E-state index in [0.29, 0.717) is 10.9 Å². The third-order valence-electron chi connectivity index (χ3n) is 2.54. The van der Waals surface area contributed by atoms with Gasteiger partial charge in [0.2, 0.25) is 11.1 Å². The van der Waals surface area contributed by atoms with Gasteiger partial charge in [-0.25, -0.2) is 0 Å². The van der Waals surface area contributed by atoms with E-state index in [1.165, 1.54) is 11.8 Å². The summed E-state index contributed by atoms with van der Waals surface area (Å²) in [7, 11) is 1.59. The van der Waals surface area contributed by atoms with Gasteiger partial charge in [0.1, 0.15) is 11.4 Å². The van der Waals surface area contributed by atoms with Gasteiger partial charge >= 0.3 is 0 Å². The predicted molar refractivity (Wildman–Crippen MR) is 79.7 cm³/mol. The van der Waals surface area contributed by atoms with Gasteiger partial charge in [0.15, 0.2) is 0 Å². The lowest BCUT2D eigenvalue weighted by atomic mass is 10.3. The number of aromatic nitrogens is 4. The van der Waals surface area contributed by atoms with E-state index in [-0.39, 0.29) is 17.7 Å². The fourth-order valence-electron chi connectivity index (χ4n) is 1.72. The zero-order valence-electron chi connectivity index (χ0n) is 12.1. The Morgan fingerprint density at radius 2 is 2.19 bits per heavy atom. The van der Waals surface area contributed by atoms with Gasteiger partial charge in [-0.15, -0.1) is 5.10 Å². The second-order valence-corrected chi connectivity index (χ2v) is 5.50. The zero-order chi connectivity index (χ0) is 15.2. The van der Waals surface area contributed by atoms with Crippen LogP contribution in [0.25, 0.3) is 5.69 Å². The van der Waals surface area contributed by atoms with Crippen LogP contribution in [0.4, 0.5) is 0 Å². The van der Waals surface area contributed by atoms with Crippen LogP contribution in [-0.2, 0) is 4.79 Å². The minimum absolute atomic E-state index is 0.0513. The molecule has 0 saturated heterocycles. The van der Waals surface area contributed by atoms with Crippen LogP contribution < -0.4 is 10.1 Å². The largest absolute Gasteiger partial charge is 0.494 e. The van der Waals surface area contributed by atoms with Crippen molar-refractivity contribution in [2.24, 2.45) is 0 Å². The number of amides is 1. The van der Waals surface area contributed by atoms with Crippen molar-refractivity contribution in [1.82, 2.24) is 25.5 Å². The topological polar surface area (TPSA) is 81.9 Å². The normalized spacial score (nSPS) is 10.7. The van der Waals surface area contributed by atoms with Gasteiger partial charge < -0.3 is 10.1 Å². The maximum absolute atomic E-state index is 11.7. The molecule has 1 amide bonds. The van der Waals surface area contributed by atoms with Crippen LogP contribution in [0.1, 0.15) is 13.8 Å². The first-order valence-electron chi connectivity index (χ1n) is 6.45. The van der Waals surface area contributed by atoms with Gasteiger partial charge in [0.05, 0.1) is 12.9 Å². The number of benzene rings is 1. The second-order valence-electron chi connectivity index (χ2n) is 4.56. The van der Waals surface area contributed by atoms with E-state index in [9.17, 15) is 4.79 Å². The monoisotopic (exact) mass is 307 g/mol. The van der Waals surface area contributed by atoms with Crippen LogP contribution in [0, 0.1) is 0 Å². The number of ether oxygens (including phenoxy) is 1. The van der Waals surface area contributed by atoms with E-state index in [1.807, 2.05) is 38.1 Å². The molecule has 0 atom stereocenters. The van der Waals surface area contributed by atoms with Crippen LogP contribution in [0.2, 0.25) is 0 Å². The maximum atomic E-state index is 11.7. The van der Waals surface area contributed by atoms with Crippen molar-refractivity contribution in [3.05, 3.63) is 24.3 Å². The standard InChI is InChI=1S/C13H17N5O2S/c1-9(2)14-12(19)8-21-13-15-16-17-18(13)10-6-4-5-7-11(10)20-3/h4-7,9H,8H2,1-3H3,(H,14,19). The first kappa shape index (κ1) is 15.3. The molecule has 0 unspecified atom stereocenters. The van der Waals surface area contributed by atoms with Crippen molar-refractivity contribution >= 4 is 17.7 Å². The fourth-order valence-corrected chi connectivity index (χ4v) is 2.41. The predicted octanol–water partition coefficient (Wildman–Crippen LogP) is 1.29. The van der Waals surface area contributed by atoms with Gasteiger partial charge in [0.25, 0.3) is 0 Å². The van der Waals surface area contributed by atoms with Crippen molar-refractivity contribution in [2.75, 3.05) is 12.9 Å². The summed E-state index contributed by atoms with van der Waals surface area (Å²) in [5.74, 6) is 0.871. The Morgan fingerprint density at radius 3 is 2.90 bits per heavy atom. The van der Waals surface area contributed by atoms with E-state index in [0.717, 1.165) is 5.69 Å². The van der Waals surface area contributed by atoms with Gasteiger partial charge in [-0.05, 0) is 36.4 Å². The molecule has 1 heterocycles. The molecule has 0 radical (unpaired) electrons. The number of nitrogens with one attached hydrogen (secondary N) is 1. The van der Waals surface area contributed by atoms with E-state index >= 15 is 0 Å². The van der Waals surface area contributed by atoms with Crippen molar-refractivity contribution in [3.63, 3.8) is 0 Å². The third-order valence-corrected chi connectivity index (χ3v) is 3.46. The number of hydrogen-bond donors (Lipinski definition) is 1. The molecule has 1 N–H and O–H groups in total. The average molecular weight is 307 g/mol. The average Bonchev–Trinajstić information content (AvgIpc) is 2.92. The lowest BCUT2D eigenvalue weighted by molar-refractivity contribution is -0.119. The summed E-state index contributed by atoms with van der Waals surface area (Å²) in [6.07, 6.45) is 0. The van der Waals surface area contributed by atoms with Gasteiger partial charge in [0, 0.05) is 6.04 Å². The molecule has 0 bridgehead atoms. The molecular weight excluding hydrogens is 290 g/mol. The summed E-state index contributed by atoms with van der Waals surface area (Å²) in [6, 6.07) is 7.54. The lowest BCUT2D eigenvalue weighted by Crippen LogP contribution is -2.31. The maximum Gasteiger partial charge on any atom is 0.230 e. The number of carbonyl (C=O) groups is 1. The van der Waals surface area contributed by atoms with E-state index in [4.69, 9.17) is 4.74 Å². The summed E-state index contributed by atoms with van der Waals surface area (Å²) in [6.45, 7) is 3.84. The molecule has 0 saturated carbocycles. The summed E-state index contributed by atoms with van der Waals surface area (Å²) >= 11 is 1.28. The minimum Gasteiger partial charge on any atom is -0.494 e. The molecule has 0 aliphatic carbocycles. The van der Waals surface area contributed by atoms with Gasteiger partial charge in [-0.3, -0.25) is 4.79 Å². The number of nitrogens with zero attached hydrogens (tertiary/aromatic N) is 4. The number of tetrazole rings is 1. The van der Waals surface area contributed by atoms with Crippen molar-refractivity contribution in [3.8, 4) is 11.4 Å². The Morgan fingerprint density at radius 1 is 1.43 bits per heavy atom. The lowest BCUT2D eigenvalue weighted by Gasteiger charge is -2.09. The molecule has 0 aliphatic heterocycles. The van der Waals surface area contributed by atoms with Crippen LogP contribution >= 0.6 is 11.8 Å². The Labute approximate surface area is 127 Å². The number of methoxy groups -OCH3 is 1. The molecule has 2 rings (SSSR count). The highest BCUT2D eigenvalue weighted by atomic mass is 32.2. The van der Waals surface area contributed by atoms with Crippen LogP contribution in [0.15, 0.2) is 29.4 Å². The molecule has 0 fully saturated rings. The number of thioether (sulfide) groups is 1. The van der Waals surface area contributed by atoms with Crippen LogP contribution in [-0.4, -0.2) is 45.0 Å². The summed E-state index contributed by atoms with van der Waals surface area (Å²) in [5, 5.41) is 14.9. The third kappa shape index (κ3) is 3.94. The smallest absolute Gasteiger partial charge is 0.230 e. The Kier molecular flexibility index (Phi) is 5.15.